The van der Waals surface area contributed by atoms with Gasteiger partial charge in [0.05, 0.1) is 6.33 Å². The maximum absolute atomic E-state index is 12.0. The molecule has 1 unspecified atom stereocenters. The fourth-order valence-electron chi connectivity index (χ4n) is 2.09. The first-order chi connectivity index (χ1) is 10.1. The minimum absolute atomic E-state index is 0.0124. The van der Waals surface area contributed by atoms with Crippen molar-refractivity contribution in [2.24, 2.45) is 0 Å². The molecule has 0 fully saturated rings. The van der Waals surface area contributed by atoms with Crippen molar-refractivity contribution in [1.29, 1.82) is 0 Å². The lowest BCUT2D eigenvalue weighted by Crippen LogP contribution is -2.26. The Hall–Kier alpha value is -1.52. The van der Waals surface area contributed by atoms with Gasteiger partial charge in [0, 0.05) is 41.4 Å². The van der Waals surface area contributed by atoms with Gasteiger partial charge in [0.15, 0.2) is 0 Å². The predicted molar refractivity (Wildman–Crippen MR) is 84.5 cm³/mol. The van der Waals surface area contributed by atoms with Crippen LogP contribution in [-0.4, -0.2) is 15.5 Å². The van der Waals surface area contributed by atoms with E-state index >= 15 is 0 Å². The summed E-state index contributed by atoms with van der Waals surface area (Å²) in [6.45, 7) is 2.45. The minimum atomic E-state index is -0.0124. The highest BCUT2D eigenvalue weighted by Crippen LogP contribution is 2.21. The van der Waals surface area contributed by atoms with Crippen LogP contribution >= 0.6 is 23.2 Å². The van der Waals surface area contributed by atoms with Crippen LogP contribution in [0.4, 0.5) is 0 Å². The van der Waals surface area contributed by atoms with Crippen LogP contribution in [0.2, 0.25) is 10.0 Å². The molecular weight excluding hydrogens is 309 g/mol. The van der Waals surface area contributed by atoms with E-state index in [0.717, 1.165) is 12.0 Å². The molecule has 6 heteroatoms. The predicted octanol–water partition coefficient (Wildman–Crippen LogP) is 3.85. The summed E-state index contributed by atoms with van der Waals surface area (Å²) >= 11 is 11.9. The number of carbonyl (C=O) groups is 1. The van der Waals surface area contributed by atoms with Crippen molar-refractivity contribution in [3.05, 3.63) is 52.5 Å². The van der Waals surface area contributed by atoms with Crippen molar-refractivity contribution < 1.29 is 4.79 Å². The number of halogens is 2. The van der Waals surface area contributed by atoms with Gasteiger partial charge >= 0.3 is 0 Å². The molecule has 0 aliphatic rings. The number of hydrogen-bond acceptors (Lipinski definition) is 2. The van der Waals surface area contributed by atoms with E-state index in [2.05, 4.69) is 10.3 Å². The maximum atomic E-state index is 12.0. The van der Waals surface area contributed by atoms with Crippen LogP contribution in [0, 0.1) is 0 Å². The summed E-state index contributed by atoms with van der Waals surface area (Å²) in [6.07, 6.45) is 6.60. The molecule has 112 valence electrons. The third-order valence-electron chi connectivity index (χ3n) is 3.33. The summed E-state index contributed by atoms with van der Waals surface area (Å²) in [4.78, 5) is 16.1. The number of nitrogens with zero attached hydrogens (tertiary/aromatic N) is 2. The standard InChI is InChI=1S/C15H17Cl2N3O/c1-2-13(20-6-5-18-10-20)8-15(21)19-9-11-3-4-12(16)7-14(11)17/h3-7,10,13H,2,8-9H2,1H3,(H,19,21). The zero-order valence-corrected chi connectivity index (χ0v) is 13.2. The monoisotopic (exact) mass is 325 g/mol. The lowest BCUT2D eigenvalue weighted by atomic mass is 10.1. The first-order valence-electron chi connectivity index (χ1n) is 6.78. The van der Waals surface area contributed by atoms with Crippen LogP contribution in [0.25, 0.3) is 0 Å². The minimum Gasteiger partial charge on any atom is -0.352 e. The van der Waals surface area contributed by atoms with Gasteiger partial charge in [-0.05, 0) is 24.1 Å². The van der Waals surface area contributed by atoms with Gasteiger partial charge < -0.3 is 9.88 Å². The summed E-state index contributed by atoms with van der Waals surface area (Å²) in [5, 5.41) is 4.03. The van der Waals surface area contributed by atoms with E-state index in [-0.39, 0.29) is 11.9 Å². The molecule has 0 radical (unpaired) electrons. The second-order valence-electron chi connectivity index (χ2n) is 4.79. The topological polar surface area (TPSA) is 46.9 Å². The van der Waals surface area contributed by atoms with Crippen LogP contribution < -0.4 is 5.32 Å². The summed E-state index contributed by atoms with van der Waals surface area (Å²) in [5.41, 5.74) is 0.852. The van der Waals surface area contributed by atoms with E-state index in [1.165, 1.54) is 0 Å². The fraction of sp³-hybridized carbons (Fsp3) is 0.333. The van der Waals surface area contributed by atoms with Crippen molar-refractivity contribution in [1.82, 2.24) is 14.9 Å². The average molecular weight is 326 g/mol. The quantitative estimate of drug-likeness (QED) is 0.876. The molecule has 0 spiro atoms. The molecule has 1 N–H and O–H groups in total. The molecular formula is C15H17Cl2N3O. The first-order valence-corrected chi connectivity index (χ1v) is 7.53. The van der Waals surface area contributed by atoms with Crippen molar-refractivity contribution in [2.75, 3.05) is 0 Å². The van der Waals surface area contributed by atoms with E-state index in [1.54, 1.807) is 24.7 Å². The van der Waals surface area contributed by atoms with E-state index in [9.17, 15) is 4.79 Å². The Morgan fingerprint density at radius 3 is 2.86 bits per heavy atom. The smallest absolute Gasteiger partial charge is 0.222 e. The van der Waals surface area contributed by atoms with Gasteiger partial charge in [0.25, 0.3) is 0 Å². The Kier molecular flexibility index (Phi) is 5.65. The number of nitrogens with one attached hydrogen (secondary N) is 1. The number of aromatic nitrogens is 2. The van der Waals surface area contributed by atoms with E-state index in [0.29, 0.717) is 23.0 Å². The molecule has 0 aliphatic carbocycles. The Bertz CT molecular complexity index is 599. The number of rotatable bonds is 6. The SMILES string of the molecule is CCC(CC(=O)NCc1ccc(Cl)cc1Cl)n1ccnc1. The molecule has 21 heavy (non-hydrogen) atoms. The van der Waals surface area contributed by atoms with E-state index in [1.807, 2.05) is 23.8 Å². The summed E-state index contributed by atoms with van der Waals surface area (Å²) < 4.78 is 1.95. The molecule has 2 aromatic rings. The lowest BCUT2D eigenvalue weighted by Gasteiger charge is -2.16. The van der Waals surface area contributed by atoms with Crippen LogP contribution in [0.1, 0.15) is 31.4 Å². The number of imidazole rings is 1. The fourth-order valence-corrected chi connectivity index (χ4v) is 2.57. The zero-order chi connectivity index (χ0) is 15.2. The number of benzene rings is 1. The van der Waals surface area contributed by atoms with Gasteiger partial charge in [-0.2, -0.15) is 0 Å². The summed E-state index contributed by atoms with van der Waals surface area (Å²) in [5.74, 6) is -0.0124. The van der Waals surface area contributed by atoms with Gasteiger partial charge in [0.2, 0.25) is 5.91 Å². The highest BCUT2D eigenvalue weighted by Gasteiger charge is 2.13. The van der Waals surface area contributed by atoms with Gasteiger partial charge in [-0.3, -0.25) is 4.79 Å². The molecule has 1 aromatic carbocycles. The maximum Gasteiger partial charge on any atom is 0.222 e. The Labute approximate surface area is 134 Å². The molecule has 4 nitrogen and oxygen atoms in total. The highest BCUT2D eigenvalue weighted by atomic mass is 35.5. The molecule has 1 amide bonds. The molecule has 1 aromatic heterocycles. The Balaban J connectivity index is 1.89. The average Bonchev–Trinajstić information content (AvgIpc) is 2.98. The second-order valence-corrected chi connectivity index (χ2v) is 5.63. The Morgan fingerprint density at radius 1 is 1.43 bits per heavy atom. The molecule has 2 rings (SSSR count). The van der Waals surface area contributed by atoms with Gasteiger partial charge in [-0.1, -0.05) is 36.2 Å². The summed E-state index contributed by atoms with van der Waals surface area (Å²) in [6, 6.07) is 5.37. The van der Waals surface area contributed by atoms with Crippen LogP contribution in [-0.2, 0) is 11.3 Å². The van der Waals surface area contributed by atoms with Gasteiger partial charge in [-0.25, -0.2) is 4.98 Å². The first kappa shape index (κ1) is 15.9. The molecule has 0 bridgehead atoms. The van der Waals surface area contributed by atoms with Crippen molar-refractivity contribution in [2.45, 2.75) is 32.4 Å². The lowest BCUT2D eigenvalue weighted by molar-refractivity contribution is -0.122. The van der Waals surface area contributed by atoms with Gasteiger partial charge in [0.1, 0.15) is 0 Å². The number of amides is 1. The second kappa shape index (κ2) is 7.48. The molecule has 0 saturated heterocycles. The summed E-state index contributed by atoms with van der Waals surface area (Å²) in [7, 11) is 0. The molecule has 0 saturated carbocycles. The zero-order valence-electron chi connectivity index (χ0n) is 11.7. The van der Waals surface area contributed by atoms with Crippen LogP contribution in [0.15, 0.2) is 36.9 Å². The third-order valence-corrected chi connectivity index (χ3v) is 3.92. The molecule has 0 aliphatic heterocycles. The van der Waals surface area contributed by atoms with Crippen molar-refractivity contribution in [3.63, 3.8) is 0 Å². The largest absolute Gasteiger partial charge is 0.352 e. The number of hydrogen-bond donors (Lipinski definition) is 1. The third kappa shape index (κ3) is 4.48. The van der Waals surface area contributed by atoms with Crippen molar-refractivity contribution in [3.8, 4) is 0 Å². The highest BCUT2D eigenvalue weighted by molar-refractivity contribution is 6.35. The Morgan fingerprint density at radius 2 is 2.24 bits per heavy atom. The molecule has 1 heterocycles. The van der Waals surface area contributed by atoms with Crippen molar-refractivity contribution >= 4 is 29.1 Å². The van der Waals surface area contributed by atoms with Crippen LogP contribution in [0.3, 0.4) is 0 Å². The molecule has 1 atom stereocenters. The van der Waals surface area contributed by atoms with E-state index in [4.69, 9.17) is 23.2 Å². The number of carbonyl (C=O) groups excluding carboxylic acids is 1. The van der Waals surface area contributed by atoms with Gasteiger partial charge in [-0.15, -0.1) is 0 Å². The normalized spacial score (nSPS) is 12.1. The van der Waals surface area contributed by atoms with Crippen LogP contribution in [0.5, 0.6) is 0 Å². The van der Waals surface area contributed by atoms with E-state index < -0.39 is 0 Å².